The number of ether oxygens (including phenoxy) is 1. The molecule has 0 aromatic heterocycles. The van der Waals surface area contributed by atoms with Gasteiger partial charge < -0.3 is 4.74 Å². The van der Waals surface area contributed by atoms with E-state index in [2.05, 4.69) is 0 Å². The Morgan fingerprint density at radius 1 is 0.857 bits per heavy atom. The summed E-state index contributed by atoms with van der Waals surface area (Å²) in [6.07, 6.45) is 9.18. The van der Waals surface area contributed by atoms with Crippen LogP contribution in [-0.4, -0.2) is 18.6 Å². The summed E-state index contributed by atoms with van der Waals surface area (Å²) in [6, 6.07) is 0. The smallest absolute Gasteiger partial charge is 0.0468 e. The van der Waals surface area contributed by atoms with Gasteiger partial charge in [0.2, 0.25) is 0 Å². The van der Waals surface area contributed by atoms with Gasteiger partial charge >= 0.3 is 0 Å². The van der Waals surface area contributed by atoms with Crippen LogP contribution in [0.5, 0.6) is 0 Å². The first-order valence-electron chi connectivity index (χ1n) is 6.08. The molecule has 2 aliphatic rings. The van der Waals surface area contributed by atoms with Crippen molar-refractivity contribution in [2.75, 3.05) is 13.2 Å². The normalized spacial score (nSPS) is 36.6. The first-order valence-corrected chi connectivity index (χ1v) is 6.51. The second-order valence-electron chi connectivity index (χ2n) is 4.83. The minimum atomic E-state index is 0.449. The highest BCUT2D eigenvalue weighted by atomic mass is 35.5. The average molecular weight is 217 g/mol. The lowest BCUT2D eigenvalue weighted by Gasteiger charge is -2.30. The Labute approximate surface area is 92.2 Å². The van der Waals surface area contributed by atoms with Crippen molar-refractivity contribution >= 4 is 11.6 Å². The van der Waals surface area contributed by atoms with E-state index in [9.17, 15) is 0 Å². The molecule has 82 valence electrons. The van der Waals surface area contributed by atoms with E-state index >= 15 is 0 Å². The molecule has 0 aromatic carbocycles. The molecule has 2 fully saturated rings. The van der Waals surface area contributed by atoms with Crippen molar-refractivity contribution in [3.63, 3.8) is 0 Å². The Hall–Kier alpha value is 0.250. The molecule has 1 nitrogen and oxygen atoms in total. The maximum absolute atomic E-state index is 6.30. The quantitative estimate of drug-likeness (QED) is 0.481. The molecule has 2 atom stereocenters. The fourth-order valence-corrected chi connectivity index (χ4v) is 3.34. The average Bonchev–Trinajstić information content (AvgIpc) is 2.44. The zero-order valence-electron chi connectivity index (χ0n) is 8.88. The molecular weight excluding hydrogens is 196 g/mol. The fourth-order valence-electron chi connectivity index (χ4n) is 2.95. The Morgan fingerprint density at radius 3 is 2.36 bits per heavy atom. The summed E-state index contributed by atoms with van der Waals surface area (Å²) >= 11 is 6.30. The second-order valence-corrected chi connectivity index (χ2v) is 5.44. The van der Waals surface area contributed by atoms with E-state index in [0.717, 1.165) is 25.0 Å². The molecule has 1 saturated carbocycles. The van der Waals surface area contributed by atoms with Gasteiger partial charge in [0.15, 0.2) is 0 Å². The maximum atomic E-state index is 6.30. The van der Waals surface area contributed by atoms with Crippen LogP contribution in [0.15, 0.2) is 0 Å². The van der Waals surface area contributed by atoms with E-state index in [1.165, 1.54) is 44.9 Å². The molecule has 0 radical (unpaired) electrons. The van der Waals surface area contributed by atoms with E-state index < -0.39 is 0 Å². The van der Waals surface area contributed by atoms with Gasteiger partial charge in [0.25, 0.3) is 0 Å². The van der Waals surface area contributed by atoms with Gasteiger partial charge in [-0.25, -0.2) is 0 Å². The van der Waals surface area contributed by atoms with Crippen molar-refractivity contribution < 1.29 is 4.74 Å². The molecule has 1 heterocycles. The summed E-state index contributed by atoms with van der Waals surface area (Å²) in [5.74, 6) is 1.80. The Kier molecular flexibility index (Phi) is 4.12. The molecule has 0 amide bonds. The predicted molar refractivity (Wildman–Crippen MR) is 59.8 cm³/mol. The van der Waals surface area contributed by atoms with Crippen LogP contribution in [0.25, 0.3) is 0 Å². The molecule has 2 heteroatoms. The first kappa shape index (κ1) is 10.8. The highest BCUT2D eigenvalue weighted by molar-refractivity contribution is 6.20. The van der Waals surface area contributed by atoms with Gasteiger partial charge in [-0.05, 0) is 37.5 Å². The molecule has 0 aromatic rings. The minimum absolute atomic E-state index is 0.449. The molecule has 2 unspecified atom stereocenters. The second kappa shape index (κ2) is 5.37. The lowest BCUT2D eigenvalue weighted by atomic mass is 9.81. The monoisotopic (exact) mass is 216 g/mol. The van der Waals surface area contributed by atoms with E-state index in [1.54, 1.807) is 0 Å². The number of rotatable bonds is 1. The number of alkyl halides is 1. The highest BCUT2D eigenvalue weighted by Gasteiger charge is 2.27. The fraction of sp³-hybridized carbons (Fsp3) is 1.00. The number of halogens is 1. The molecule has 0 bridgehead atoms. The van der Waals surface area contributed by atoms with E-state index in [4.69, 9.17) is 16.3 Å². The Morgan fingerprint density at radius 2 is 1.57 bits per heavy atom. The van der Waals surface area contributed by atoms with E-state index in [0.29, 0.717) is 5.38 Å². The van der Waals surface area contributed by atoms with Gasteiger partial charge in [-0.15, -0.1) is 11.6 Å². The van der Waals surface area contributed by atoms with Crippen molar-refractivity contribution in [2.24, 2.45) is 11.8 Å². The molecule has 1 saturated heterocycles. The Balaban J connectivity index is 1.87. The van der Waals surface area contributed by atoms with E-state index in [1.807, 2.05) is 0 Å². The van der Waals surface area contributed by atoms with Crippen molar-refractivity contribution in [2.45, 2.75) is 50.3 Å². The standard InChI is InChI=1S/C12H21ClO/c13-12-4-2-1-3-11(9-12)10-5-7-14-8-6-10/h10-12H,1-9H2. The largest absolute Gasteiger partial charge is 0.381 e. The van der Waals surface area contributed by atoms with Gasteiger partial charge in [0.1, 0.15) is 0 Å². The third-order valence-electron chi connectivity index (χ3n) is 3.83. The molecule has 0 N–H and O–H groups in total. The summed E-state index contributed by atoms with van der Waals surface area (Å²) in [5, 5.41) is 0.449. The summed E-state index contributed by atoms with van der Waals surface area (Å²) in [5.41, 5.74) is 0. The predicted octanol–water partition coefficient (Wildman–Crippen LogP) is 3.60. The van der Waals surface area contributed by atoms with Crippen LogP contribution in [0, 0.1) is 11.8 Å². The molecule has 2 rings (SSSR count). The third-order valence-corrected chi connectivity index (χ3v) is 4.23. The lowest BCUT2D eigenvalue weighted by molar-refractivity contribution is 0.0438. The van der Waals surface area contributed by atoms with Gasteiger partial charge in [-0.3, -0.25) is 0 Å². The van der Waals surface area contributed by atoms with Crippen LogP contribution in [0.3, 0.4) is 0 Å². The van der Waals surface area contributed by atoms with Crippen LogP contribution in [-0.2, 0) is 4.74 Å². The van der Waals surface area contributed by atoms with Crippen LogP contribution in [0.2, 0.25) is 0 Å². The molecule has 14 heavy (non-hydrogen) atoms. The first-order chi connectivity index (χ1) is 6.86. The summed E-state index contributed by atoms with van der Waals surface area (Å²) < 4.78 is 5.42. The zero-order chi connectivity index (χ0) is 9.80. The van der Waals surface area contributed by atoms with Crippen LogP contribution >= 0.6 is 11.6 Å². The summed E-state index contributed by atoms with van der Waals surface area (Å²) in [6.45, 7) is 1.96. The third kappa shape index (κ3) is 2.87. The SMILES string of the molecule is ClC1CCCCC(C2CCOCC2)C1. The van der Waals surface area contributed by atoms with E-state index in [-0.39, 0.29) is 0 Å². The van der Waals surface area contributed by atoms with Crippen LogP contribution < -0.4 is 0 Å². The van der Waals surface area contributed by atoms with Crippen LogP contribution in [0.1, 0.15) is 44.9 Å². The number of hydrogen-bond acceptors (Lipinski definition) is 1. The minimum Gasteiger partial charge on any atom is -0.381 e. The topological polar surface area (TPSA) is 9.23 Å². The van der Waals surface area contributed by atoms with Gasteiger partial charge in [-0.1, -0.05) is 19.3 Å². The molecule has 1 aliphatic carbocycles. The van der Waals surface area contributed by atoms with Crippen molar-refractivity contribution in [1.29, 1.82) is 0 Å². The summed E-state index contributed by atoms with van der Waals surface area (Å²) in [7, 11) is 0. The lowest BCUT2D eigenvalue weighted by Crippen LogP contribution is -2.24. The summed E-state index contributed by atoms with van der Waals surface area (Å²) in [4.78, 5) is 0. The van der Waals surface area contributed by atoms with Gasteiger partial charge in [0, 0.05) is 18.6 Å². The molecule has 1 aliphatic heterocycles. The van der Waals surface area contributed by atoms with Crippen molar-refractivity contribution in [3.05, 3.63) is 0 Å². The zero-order valence-corrected chi connectivity index (χ0v) is 9.64. The molecule has 0 spiro atoms. The van der Waals surface area contributed by atoms with Gasteiger partial charge in [-0.2, -0.15) is 0 Å². The number of hydrogen-bond donors (Lipinski definition) is 0. The van der Waals surface area contributed by atoms with Crippen molar-refractivity contribution in [1.82, 2.24) is 0 Å². The Bertz CT molecular complexity index is 166. The highest BCUT2D eigenvalue weighted by Crippen LogP contribution is 2.35. The van der Waals surface area contributed by atoms with Crippen molar-refractivity contribution in [3.8, 4) is 0 Å². The van der Waals surface area contributed by atoms with Crippen LogP contribution in [0.4, 0.5) is 0 Å². The maximum Gasteiger partial charge on any atom is 0.0468 e. The molecular formula is C12H21ClO. The van der Waals surface area contributed by atoms with Gasteiger partial charge in [0.05, 0.1) is 0 Å².